The van der Waals surface area contributed by atoms with Crippen LogP contribution >= 0.6 is 25.8 Å². The summed E-state index contributed by atoms with van der Waals surface area (Å²) >= 11 is 6.45. The minimum absolute atomic E-state index is 0. The summed E-state index contributed by atoms with van der Waals surface area (Å²) in [6.07, 6.45) is -0.0776. The van der Waals surface area contributed by atoms with Crippen molar-refractivity contribution in [1.82, 2.24) is 0 Å². The van der Waals surface area contributed by atoms with Crippen molar-refractivity contribution in [1.29, 1.82) is 0 Å². The average molecular weight is 331 g/mol. The molecule has 0 atom stereocenters. The van der Waals surface area contributed by atoms with Crippen molar-refractivity contribution in [2.24, 2.45) is 0 Å². The zero-order chi connectivity index (χ0) is 7.98. The maximum absolute atomic E-state index is 10.3. The Balaban J connectivity index is -0.000000405. The molecule has 0 aromatic heterocycles. The molecule has 0 aliphatic rings. The van der Waals surface area contributed by atoms with E-state index in [1.165, 1.54) is 0 Å². The van der Waals surface area contributed by atoms with Gasteiger partial charge in [-0.2, -0.15) is 0 Å². The predicted molar refractivity (Wildman–Crippen MR) is 56.5 cm³/mol. The van der Waals surface area contributed by atoms with Crippen LogP contribution in [0.3, 0.4) is 0 Å². The molecule has 0 spiro atoms. The maximum atomic E-state index is 10.3. The van der Waals surface area contributed by atoms with Crippen molar-refractivity contribution < 1.29 is 18.0 Å². The Bertz CT molecular complexity index is 129. The predicted octanol–water partition coefficient (Wildman–Crippen LogP) is -1.29. The van der Waals surface area contributed by atoms with E-state index in [1.54, 1.807) is 0 Å². The van der Waals surface area contributed by atoms with Crippen LogP contribution in [0.5, 0.6) is 0 Å². The van der Waals surface area contributed by atoms with Gasteiger partial charge in [-0.05, 0) is 0 Å². The summed E-state index contributed by atoms with van der Waals surface area (Å²) in [6, 6.07) is 0. The van der Waals surface area contributed by atoms with Crippen molar-refractivity contribution in [3.8, 4) is 0 Å². The zero-order valence-corrected chi connectivity index (χ0v) is 11.5. The summed E-state index contributed by atoms with van der Waals surface area (Å²) in [6.45, 7) is 0. The molecule has 0 aliphatic carbocycles. The molecule has 0 aromatic rings. The quantitative estimate of drug-likeness (QED) is 0.384. The van der Waals surface area contributed by atoms with E-state index in [2.05, 4.69) is 34.2 Å². The van der Waals surface area contributed by atoms with E-state index in [4.69, 9.17) is 0 Å². The molecule has 0 saturated carbocycles. The van der Waals surface area contributed by atoms with Crippen LogP contribution in [0, 0.1) is 0 Å². The first-order valence-electron chi connectivity index (χ1n) is 2.39. The average Bonchev–Trinajstić information content (AvgIpc) is 1.99. The Morgan fingerprint density at radius 2 is 1.25 bits per heavy atom. The summed E-state index contributed by atoms with van der Waals surface area (Å²) in [4.78, 5) is 20.6. The molecule has 0 rings (SSSR count). The van der Waals surface area contributed by atoms with E-state index in [0.29, 0.717) is 0 Å². The van der Waals surface area contributed by atoms with Gasteiger partial charge in [0.1, 0.15) is 0 Å². The normalized spacial score (nSPS) is 7.17. The summed E-state index contributed by atoms with van der Waals surface area (Å²) in [5.41, 5.74) is 0. The Kier molecular flexibility index (Phi) is 19.8. The number of thiol groups is 2. The number of hydrogen-bond acceptors (Lipinski definition) is 6. The van der Waals surface area contributed by atoms with Crippen molar-refractivity contribution in [3.05, 3.63) is 0 Å². The van der Waals surface area contributed by atoms with E-state index < -0.39 is 11.9 Å². The first-order valence-corrected chi connectivity index (χ1v) is 3.12. The van der Waals surface area contributed by atoms with Gasteiger partial charge in [-0.3, -0.25) is 9.59 Å². The van der Waals surface area contributed by atoms with Gasteiger partial charge in [0.15, 0.2) is 0 Å². The summed E-state index contributed by atoms with van der Waals surface area (Å²) in [5.74, 6) is -1.14. The molecule has 0 radical (unpaired) electrons. The van der Waals surface area contributed by atoms with Gasteiger partial charge in [0.05, 0.1) is 12.8 Å². The Labute approximate surface area is 121 Å². The van der Waals surface area contributed by atoms with Gasteiger partial charge in [0, 0.05) is 25.8 Å². The number of carbonyl (C=O) groups excluding carboxylic acids is 2. The zero-order valence-electron chi connectivity index (χ0n) is 5.65. The fourth-order valence-corrected chi connectivity index (χ4v) is 0.478. The van der Waals surface area contributed by atoms with Crippen molar-refractivity contribution in [3.63, 3.8) is 0 Å². The van der Waals surface area contributed by atoms with Crippen LogP contribution in [-0.4, -0.2) is 65.9 Å². The van der Waals surface area contributed by atoms with Crippen molar-refractivity contribution in [2.75, 3.05) is 0 Å². The van der Waals surface area contributed by atoms with Crippen LogP contribution in [0.25, 0.3) is 0 Å². The first kappa shape index (κ1) is 19.1. The second kappa shape index (κ2) is 12.5. The number of hydrogen-bond donors (Lipinski definition) is 2. The van der Waals surface area contributed by atoms with Crippen LogP contribution in [-0.2, 0) is 18.0 Å². The fourth-order valence-electron chi connectivity index (χ4n) is 0.295. The monoisotopic (exact) mass is 330 g/mol. The molecule has 0 aliphatic heterocycles. The fraction of sp³-hybridized carbons (Fsp3) is 0.500. The summed E-state index contributed by atoms with van der Waals surface area (Å²) < 4.78 is 7.94. The molecule has 4 nitrogen and oxygen atoms in total. The molecule has 0 amide bonds. The van der Waals surface area contributed by atoms with Gasteiger partial charge in [-0.15, -0.1) is 0 Å². The van der Waals surface area contributed by atoms with Crippen LogP contribution in [0.4, 0.5) is 0 Å². The van der Waals surface area contributed by atoms with E-state index in [9.17, 15) is 9.59 Å². The van der Waals surface area contributed by atoms with Gasteiger partial charge >= 0.3 is 65.9 Å². The molecule has 0 N–H and O–H groups in total. The van der Waals surface area contributed by atoms with Gasteiger partial charge in [-0.25, -0.2) is 0 Å². The molecule has 68 valence electrons. The number of carbonyl (C=O) groups is 2. The van der Waals surface area contributed by atoms with Crippen LogP contribution in [0.1, 0.15) is 12.8 Å². The molecule has 0 unspecified atom stereocenters. The second-order valence-corrected chi connectivity index (χ2v) is 1.79. The minimum atomic E-state index is -0.568. The molecule has 12 heavy (non-hydrogen) atoms. The van der Waals surface area contributed by atoms with E-state index >= 15 is 0 Å². The Hall–Kier alpha value is 1.46. The van der Waals surface area contributed by atoms with E-state index in [-0.39, 0.29) is 66.8 Å². The Morgan fingerprint density at radius 3 is 1.42 bits per heavy atom. The summed E-state index contributed by atoms with van der Waals surface area (Å²) in [7, 11) is 0. The Morgan fingerprint density at radius 1 is 1.00 bits per heavy atom. The van der Waals surface area contributed by atoms with Crippen molar-refractivity contribution >= 4 is 91.7 Å². The first-order chi connectivity index (χ1) is 4.70. The summed E-state index contributed by atoms with van der Waals surface area (Å²) in [5, 5.41) is 0. The van der Waals surface area contributed by atoms with Crippen LogP contribution in [0.2, 0.25) is 0 Å². The van der Waals surface area contributed by atoms with Gasteiger partial charge in [-0.1, -0.05) is 0 Å². The SMILES string of the molecule is O=C(CCC(=O)OS)OS.[NaH].[SbH3]. The van der Waals surface area contributed by atoms with Gasteiger partial charge in [0.2, 0.25) is 0 Å². The van der Waals surface area contributed by atoms with Crippen LogP contribution < -0.4 is 0 Å². The van der Waals surface area contributed by atoms with Crippen LogP contribution in [0.15, 0.2) is 0 Å². The van der Waals surface area contributed by atoms with E-state index in [1.807, 2.05) is 0 Å². The third-order valence-corrected chi connectivity index (χ3v) is 1.14. The molecular formula is C4H10NaO4S2Sb. The van der Waals surface area contributed by atoms with Crippen molar-refractivity contribution in [2.45, 2.75) is 12.8 Å². The molecule has 0 bridgehead atoms. The number of rotatable bonds is 3. The molecule has 8 heteroatoms. The molecule has 0 saturated heterocycles. The molecule has 0 aromatic carbocycles. The second-order valence-electron chi connectivity index (χ2n) is 1.43. The third kappa shape index (κ3) is 11.5. The van der Waals surface area contributed by atoms with E-state index in [0.717, 1.165) is 0 Å². The standard InChI is InChI=1S/C4H6O4S2.Na.Sb.4H/c5-3(7-9)1-2-4(6)8-10;;;;;;/h9-10H,1-2H2;;;;;;. The van der Waals surface area contributed by atoms with Gasteiger partial charge in [0.25, 0.3) is 0 Å². The topological polar surface area (TPSA) is 52.6 Å². The molecular weight excluding hydrogens is 321 g/mol. The van der Waals surface area contributed by atoms with Gasteiger partial charge < -0.3 is 8.37 Å². The third-order valence-electron chi connectivity index (χ3n) is 0.737. The molecule has 0 heterocycles. The molecule has 0 fully saturated rings.